The van der Waals surface area contributed by atoms with E-state index in [0.29, 0.717) is 0 Å². The van der Waals surface area contributed by atoms with Gasteiger partial charge in [-0.1, -0.05) is 38.3 Å². The number of rotatable bonds is 13. The van der Waals surface area contributed by atoms with Crippen LogP contribution in [0.2, 0.25) is 0 Å². The van der Waals surface area contributed by atoms with Gasteiger partial charge in [-0.2, -0.15) is 0 Å². The third-order valence-electron chi connectivity index (χ3n) is 4.43. The fraction of sp³-hybridized carbons (Fsp3) is 0.545. The number of hydrogen-bond donors (Lipinski definition) is 1. The topological polar surface area (TPSA) is 30.5 Å². The number of benzene rings is 2. The third kappa shape index (κ3) is 7.35. The fourth-order valence-electron chi connectivity index (χ4n) is 2.92. The Morgan fingerprint density at radius 3 is 2.36 bits per heavy atom. The molecule has 0 saturated carbocycles. The molecule has 0 aliphatic carbocycles. The smallest absolute Gasteiger partial charge is 0.119 e. The molecule has 25 heavy (non-hydrogen) atoms. The fourth-order valence-corrected chi connectivity index (χ4v) is 2.92. The van der Waals surface area contributed by atoms with Crippen LogP contribution in [0.25, 0.3) is 10.8 Å². The molecule has 2 aromatic rings. The molecule has 3 heteroatoms. The number of methoxy groups -OCH3 is 1. The van der Waals surface area contributed by atoms with E-state index in [4.69, 9.17) is 9.47 Å². The summed E-state index contributed by atoms with van der Waals surface area (Å²) in [7, 11) is 1.76. The first kappa shape index (κ1) is 19.6. The summed E-state index contributed by atoms with van der Waals surface area (Å²) in [5.74, 6) is 0.966. The molecule has 2 rings (SSSR count). The summed E-state index contributed by atoms with van der Waals surface area (Å²) in [4.78, 5) is 0. The Balaban J connectivity index is 1.77. The Kier molecular flexibility index (Phi) is 9.21. The van der Waals surface area contributed by atoms with Gasteiger partial charge < -0.3 is 14.8 Å². The summed E-state index contributed by atoms with van der Waals surface area (Å²) in [5.41, 5.74) is 1.20. The Bertz CT molecular complexity index is 612. The van der Waals surface area contributed by atoms with Gasteiger partial charge in [0, 0.05) is 25.9 Å². The molecule has 0 amide bonds. The Morgan fingerprint density at radius 1 is 0.800 bits per heavy atom. The molecular weight excluding hydrogens is 310 g/mol. The first-order chi connectivity index (χ1) is 12.3. The van der Waals surface area contributed by atoms with E-state index in [1.165, 1.54) is 48.6 Å². The third-order valence-corrected chi connectivity index (χ3v) is 4.43. The van der Waals surface area contributed by atoms with Gasteiger partial charge in [0.25, 0.3) is 0 Å². The van der Waals surface area contributed by atoms with E-state index < -0.39 is 0 Å². The largest absolute Gasteiger partial charge is 0.494 e. The number of hydrogen-bond acceptors (Lipinski definition) is 3. The molecule has 0 aliphatic rings. The molecule has 3 nitrogen and oxygen atoms in total. The van der Waals surface area contributed by atoms with E-state index in [0.717, 1.165) is 38.3 Å². The van der Waals surface area contributed by atoms with Crippen LogP contribution in [-0.2, 0) is 4.74 Å². The lowest BCUT2D eigenvalue weighted by Gasteiger charge is -2.10. The average molecular weight is 344 g/mol. The van der Waals surface area contributed by atoms with Crippen molar-refractivity contribution >= 4 is 16.5 Å². The predicted octanol–water partition coefficient (Wildman–Crippen LogP) is 6.03. The number of fused-ring (bicyclic) bond motifs is 1. The van der Waals surface area contributed by atoms with Crippen LogP contribution in [0.5, 0.6) is 5.75 Å². The number of nitrogens with one attached hydrogen (secondary N) is 1. The molecular formula is C22H33NO2. The summed E-state index contributed by atoms with van der Waals surface area (Å²) >= 11 is 0. The first-order valence-electron chi connectivity index (χ1n) is 9.73. The highest BCUT2D eigenvalue weighted by molar-refractivity contribution is 5.86. The Hall–Kier alpha value is -1.74. The van der Waals surface area contributed by atoms with Crippen LogP contribution in [0.1, 0.15) is 51.9 Å². The highest BCUT2D eigenvalue weighted by atomic mass is 16.5. The second-order valence-electron chi connectivity index (χ2n) is 6.61. The van der Waals surface area contributed by atoms with Crippen molar-refractivity contribution in [3.63, 3.8) is 0 Å². The summed E-state index contributed by atoms with van der Waals surface area (Å²) in [6, 6.07) is 12.9. The molecule has 0 fully saturated rings. The molecule has 0 bridgehead atoms. The lowest BCUT2D eigenvalue weighted by molar-refractivity contribution is 0.191. The van der Waals surface area contributed by atoms with Crippen molar-refractivity contribution in [1.82, 2.24) is 0 Å². The molecule has 2 aromatic carbocycles. The van der Waals surface area contributed by atoms with Gasteiger partial charge in [0.15, 0.2) is 0 Å². The van der Waals surface area contributed by atoms with Crippen molar-refractivity contribution < 1.29 is 9.47 Å². The standard InChI is InChI=1S/C22H33NO2/c1-3-4-7-14-23-21-12-10-20-18-22(13-11-19(20)17-21)25-16-9-6-5-8-15-24-2/h10-13,17-18,23H,3-9,14-16H2,1-2H3. The molecule has 0 aliphatic heterocycles. The van der Waals surface area contributed by atoms with Gasteiger partial charge in [0.2, 0.25) is 0 Å². The van der Waals surface area contributed by atoms with Gasteiger partial charge in [-0.25, -0.2) is 0 Å². The maximum Gasteiger partial charge on any atom is 0.119 e. The highest BCUT2D eigenvalue weighted by Crippen LogP contribution is 2.24. The summed E-state index contributed by atoms with van der Waals surface area (Å²) < 4.78 is 11.0. The van der Waals surface area contributed by atoms with Crippen molar-refractivity contribution in [3.05, 3.63) is 36.4 Å². The van der Waals surface area contributed by atoms with E-state index in [2.05, 4.69) is 48.6 Å². The maximum absolute atomic E-state index is 5.90. The summed E-state index contributed by atoms with van der Waals surface area (Å²) in [6.45, 7) is 4.93. The zero-order valence-electron chi connectivity index (χ0n) is 15.9. The monoisotopic (exact) mass is 343 g/mol. The average Bonchev–Trinajstić information content (AvgIpc) is 2.64. The molecule has 1 N–H and O–H groups in total. The van der Waals surface area contributed by atoms with Gasteiger partial charge in [-0.05, 0) is 60.7 Å². The number of unbranched alkanes of at least 4 members (excludes halogenated alkanes) is 5. The van der Waals surface area contributed by atoms with Crippen LogP contribution >= 0.6 is 0 Å². The van der Waals surface area contributed by atoms with E-state index in [-0.39, 0.29) is 0 Å². The zero-order chi connectivity index (χ0) is 17.7. The molecule has 0 aromatic heterocycles. The predicted molar refractivity (Wildman–Crippen MR) is 108 cm³/mol. The normalized spacial score (nSPS) is 11.0. The van der Waals surface area contributed by atoms with Crippen molar-refractivity contribution in [1.29, 1.82) is 0 Å². The molecule has 0 heterocycles. The Morgan fingerprint density at radius 2 is 1.56 bits per heavy atom. The molecule has 138 valence electrons. The van der Waals surface area contributed by atoms with Crippen molar-refractivity contribution in [3.8, 4) is 5.75 Å². The van der Waals surface area contributed by atoms with Crippen molar-refractivity contribution in [2.24, 2.45) is 0 Å². The minimum absolute atomic E-state index is 0.787. The minimum atomic E-state index is 0.787. The van der Waals surface area contributed by atoms with Crippen LogP contribution in [0.15, 0.2) is 36.4 Å². The van der Waals surface area contributed by atoms with Crippen LogP contribution < -0.4 is 10.1 Å². The molecule has 0 saturated heterocycles. The minimum Gasteiger partial charge on any atom is -0.494 e. The highest BCUT2D eigenvalue weighted by Gasteiger charge is 2.00. The summed E-state index contributed by atoms with van der Waals surface area (Å²) in [5, 5.41) is 6.00. The van der Waals surface area contributed by atoms with Crippen LogP contribution in [0.4, 0.5) is 5.69 Å². The number of anilines is 1. The van der Waals surface area contributed by atoms with Gasteiger partial charge in [-0.3, -0.25) is 0 Å². The number of ether oxygens (including phenoxy) is 2. The van der Waals surface area contributed by atoms with Gasteiger partial charge in [0.1, 0.15) is 5.75 Å². The van der Waals surface area contributed by atoms with Crippen molar-refractivity contribution in [2.75, 3.05) is 32.2 Å². The van der Waals surface area contributed by atoms with E-state index in [9.17, 15) is 0 Å². The summed E-state index contributed by atoms with van der Waals surface area (Å²) in [6.07, 6.45) is 8.42. The van der Waals surface area contributed by atoms with E-state index in [1.54, 1.807) is 7.11 Å². The quantitative estimate of drug-likeness (QED) is 0.451. The molecule has 0 unspecified atom stereocenters. The zero-order valence-corrected chi connectivity index (χ0v) is 15.9. The second-order valence-corrected chi connectivity index (χ2v) is 6.61. The molecule has 0 radical (unpaired) electrons. The van der Waals surface area contributed by atoms with E-state index in [1.807, 2.05) is 0 Å². The van der Waals surface area contributed by atoms with Gasteiger partial charge >= 0.3 is 0 Å². The van der Waals surface area contributed by atoms with Gasteiger partial charge in [-0.15, -0.1) is 0 Å². The Labute approximate surface area is 152 Å². The second kappa shape index (κ2) is 11.8. The van der Waals surface area contributed by atoms with Crippen LogP contribution in [0, 0.1) is 0 Å². The lowest BCUT2D eigenvalue weighted by atomic mass is 10.1. The van der Waals surface area contributed by atoms with E-state index >= 15 is 0 Å². The maximum atomic E-state index is 5.90. The van der Waals surface area contributed by atoms with Gasteiger partial charge in [0.05, 0.1) is 6.61 Å². The van der Waals surface area contributed by atoms with Crippen LogP contribution in [-0.4, -0.2) is 26.9 Å². The van der Waals surface area contributed by atoms with Crippen molar-refractivity contribution in [2.45, 2.75) is 51.9 Å². The lowest BCUT2D eigenvalue weighted by Crippen LogP contribution is -2.01. The SMILES string of the molecule is CCCCCNc1ccc2cc(OCCCCCCOC)ccc2c1. The molecule has 0 spiro atoms. The first-order valence-corrected chi connectivity index (χ1v) is 9.73. The molecule has 0 atom stereocenters. The van der Waals surface area contributed by atoms with Crippen LogP contribution in [0.3, 0.4) is 0 Å².